The van der Waals surface area contributed by atoms with Crippen LogP contribution in [0.5, 0.6) is 0 Å². The summed E-state index contributed by atoms with van der Waals surface area (Å²) in [5.74, 6) is 0.868. The fourth-order valence-electron chi connectivity index (χ4n) is 2.80. The molecule has 5 nitrogen and oxygen atoms in total. The minimum Gasteiger partial charge on any atom is -0.357 e. The van der Waals surface area contributed by atoms with Gasteiger partial charge in [-0.25, -0.2) is 4.39 Å². The van der Waals surface area contributed by atoms with Gasteiger partial charge < -0.3 is 15.1 Å². The van der Waals surface area contributed by atoms with Crippen LogP contribution in [0.4, 0.5) is 4.39 Å². The van der Waals surface area contributed by atoms with Crippen molar-refractivity contribution >= 4 is 11.9 Å². The van der Waals surface area contributed by atoms with Crippen LogP contribution in [0.15, 0.2) is 29.3 Å². The summed E-state index contributed by atoms with van der Waals surface area (Å²) in [7, 11) is 1.97. The van der Waals surface area contributed by atoms with Gasteiger partial charge in [0.2, 0.25) is 5.91 Å². The molecule has 1 amide bonds. The quantitative estimate of drug-likeness (QED) is 0.473. The number of carbonyl (C=O) groups excluding carboxylic acids is 1. The van der Waals surface area contributed by atoms with Crippen molar-refractivity contribution in [3.8, 4) is 0 Å². The van der Waals surface area contributed by atoms with Crippen LogP contribution in [-0.2, 0) is 11.3 Å². The molecule has 1 aromatic carbocycles. The van der Waals surface area contributed by atoms with Crippen LogP contribution in [0.2, 0.25) is 0 Å². The first-order valence-electron chi connectivity index (χ1n) is 8.62. The van der Waals surface area contributed by atoms with Gasteiger partial charge >= 0.3 is 0 Å². The lowest BCUT2D eigenvalue weighted by molar-refractivity contribution is -0.127. The summed E-state index contributed by atoms with van der Waals surface area (Å²) in [4.78, 5) is 20.2. The fraction of sp³-hybridized carbons (Fsp3) is 0.556. The lowest BCUT2D eigenvalue weighted by Gasteiger charge is -2.22. The van der Waals surface area contributed by atoms with E-state index in [4.69, 9.17) is 0 Å². The van der Waals surface area contributed by atoms with E-state index in [1.54, 1.807) is 12.1 Å². The Bertz CT molecular complexity index is 559. The first-order chi connectivity index (χ1) is 11.6. The second kappa shape index (κ2) is 9.25. The maximum atomic E-state index is 13.0. The van der Waals surface area contributed by atoms with E-state index in [2.05, 4.69) is 10.3 Å². The van der Waals surface area contributed by atoms with E-state index < -0.39 is 0 Å². The third-order valence-corrected chi connectivity index (χ3v) is 4.05. The minimum atomic E-state index is -0.224. The molecular formula is C18H27FN4O. The van der Waals surface area contributed by atoms with Crippen LogP contribution in [0.25, 0.3) is 0 Å². The van der Waals surface area contributed by atoms with Crippen LogP contribution >= 0.6 is 0 Å². The molecule has 0 aromatic heterocycles. The Morgan fingerprint density at radius 3 is 2.75 bits per heavy atom. The van der Waals surface area contributed by atoms with Crippen molar-refractivity contribution in [3.05, 3.63) is 35.6 Å². The van der Waals surface area contributed by atoms with E-state index >= 15 is 0 Å². The highest BCUT2D eigenvalue weighted by molar-refractivity contribution is 5.79. The molecule has 1 saturated heterocycles. The number of amides is 1. The highest BCUT2D eigenvalue weighted by Crippen LogP contribution is 2.10. The molecule has 0 radical (unpaired) electrons. The Morgan fingerprint density at radius 2 is 2.12 bits per heavy atom. The zero-order chi connectivity index (χ0) is 17.4. The smallest absolute Gasteiger partial charge is 0.222 e. The van der Waals surface area contributed by atoms with Gasteiger partial charge in [0.15, 0.2) is 5.96 Å². The monoisotopic (exact) mass is 334 g/mol. The summed E-state index contributed by atoms with van der Waals surface area (Å²) in [6.07, 6.45) is 2.53. The molecular weight excluding hydrogens is 307 g/mol. The van der Waals surface area contributed by atoms with Crippen molar-refractivity contribution in [2.24, 2.45) is 4.99 Å². The molecule has 1 aromatic rings. The van der Waals surface area contributed by atoms with Crippen LogP contribution in [-0.4, -0.2) is 54.9 Å². The van der Waals surface area contributed by atoms with Crippen molar-refractivity contribution in [2.45, 2.75) is 32.7 Å². The van der Waals surface area contributed by atoms with Gasteiger partial charge in [0, 0.05) is 46.2 Å². The molecule has 1 aliphatic rings. The van der Waals surface area contributed by atoms with Crippen LogP contribution in [0.3, 0.4) is 0 Å². The topological polar surface area (TPSA) is 47.9 Å². The van der Waals surface area contributed by atoms with E-state index in [0.717, 1.165) is 44.0 Å². The number of halogens is 1. The fourth-order valence-corrected chi connectivity index (χ4v) is 2.80. The predicted molar refractivity (Wildman–Crippen MR) is 94.3 cm³/mol. The standard InChI is InChI=1S/C18H27FN4O/c1-3-20-18(21-11-5-13-23-12-4-6-17(23)24)22(2)14-15-7-9-16(19)10-8-15/h7-10H,3-6,11-14H2,1-2H3,(H,20,21). The van der Waals surface area contributed by atoms with Crippen LogP contribution < -0.4 is 5.32 Å². The number of carbonyl (C=O) groups is 1. The van der Waals surface area contributed by atoms with Gasteiger partial charge in [-0.3, -0.25) is 9.79 Å². The third kappa shape index (κ3) is 5.51. The summed E-state index contributed by atoms with van der Waals surface area (Å²) in [6, 6.07) is 6.52. The highest BCUT2D eigenvalue weighted by atomic mass is 19.1. The minimum absolute atomic E-state index is 0.224. The second-order valence-corrected chi connectivity index (χ2v) is 6.06. The van der Waals surface area contributed by atoms with E-state index in [-0.39, 0.29) is 11.7 Å². The van der Waals surface area contributed by atoms with Gasteiger partial charge in [-0.15, -0.1) is 0 Å². The van der Waals surface area contributed by atoms with Gasteiger partial charge in [0.25, 0.3) is 0 Å². The van der Waals surface area contributed by atoms with Crippen LogP contribution in [0.1, 0.15) is 31.7 Å². The molecule has 0 spiro atoms. The van der Waals surface area contributed by atoms with Gasteiger partial charge in [-0.05, 0) is 37.5 Å². The summed E-state index contributed by atoms with van der Waals surface area (Å²) in [5, 5.41) is 3.27. The van der Waals surface area contributed by atoms with E-state index in [0.29, 0.717) is 19.5 Å². The average molecular weight is 334 g/mol. The van der Waals surface area contributed by atoms with E-state index in [1.807, 2.05) is 23.8 Å². The molecule has 1 heterocycles. The first kappa shape index (κ1) is 18.2. The lowest BCUT2D eigenvalue weighted by atomic mass is 10.2. The third-order valence-electron chi connectivity index (χ3n) is 4.05. The molecule has 1 N–H and O–H groups in total. The summed E-state index contributed by atoms with van der Waals surface area (Å²) < 4.78 is 13.0. The largest absolute Gasteiger partial charge is 0.357 e. The SMILES string of the molecule is CCNC(=NCCCN1CCCC1=O)N(C)Cc1ccc(F)cc1. The Hall–Kier alpha value is -2.11. The molecule has 0 atom stereocenters. The second-order valence-electron chi connectivity index (χ2n) is 6.06. The van der Waals surface area contributed by atoms with Crippen molar-refractivity contribution in [2.75, 3.05) is 33.2 Å². The molecule has 132 valence electrons. The molecule has 0 aliphatic carbocycles. The number of hydrogen-bond acceptors (Lipinski definition) is 2. The molecule has 0 unspecified atom stereocenters. The van der Waals surface area contributed by atoms with E-state index in [1.165, 1.54) is 12.1 Å². The lowest BCUT2D eigenvalue weighted by Crippen LogP contribution is -2.38. The molecule has 0 saturated carbocycles. The summed E-state index contributed by atoms with van der Waals surface area (Å²) in [5.41, 5.74) is 1.03. The number of benzene rings is 1. The number of rotatable bonds is 7. The number of nitrogens with one attached hydrogen (secondary N) is 1. The van der Waals surface area contributed by atoms with Crippen molar-refractivity contribution in [1.29, 1.82) is 0 Å². The first-order valence-corrected chi connectivity index (χ1v) is 8.62. The molecule has 2 rings (SSSR count). The maximum absolute atomic E-state index is 13.0. The average Bonchev–Trinajstić information content (AvgIpc) is 2.97. The predicted octanol–water partition coefficient (Wildman–Crippen LogP) is 2.24. The highest BCUT2D eigenvalue weighted by Gasteiger charge is 2.18. The van der Waals surface area contributed by atoms with Crippen LogP contribution in [0, 0.1) is 5.82 Å². The Morgan fingerprint density at radius 1 is 1.38 bits per heavy atom. The Balaban J connectivity index is 1.84. The van der Waals surface area contributed by atoms with Crippen molar-refractivity contribution in [3.63, 3.8) is 0 Å². The molecule has 6 heteroatoms. The Labute approximate surface area is 143 Å². The number of likely N-dealkylation sites (tertiary alicyclic amines) is 1. The van der Waals surface area contributed by atoms with Gasteiger partial charge in [0.1, 0.15) is 5.82 Å². The van der Waals surface area contributed by atoms with Crippen molar-refractivity contribution in [1.82, 2.24) is 15.1 Å². The molecule has 24 heavy (non-hydrogen) atoms. The van der Waals surface area contributed by atoms with Gasteiger partial charge in [-0.2, -0.15) is 0 Å². The van der Waals surface area contributed by atoms with Crippen molar-refractivity contribution < 1.29 is 9.18 Å². The summed E-state index contributed by atoms with van der Waals surface area (Å²) >= 11 is 0. The normalized spacial score (nSPS) is 15.0. The molecule has 1 aliphatic heterocycles. The van der Waals surface area contributed by atoms with Gasteiger partial charge in [-0.1, -0.05) is 12.1 Å². The Kier molecular flexibility index (Phi) is 7.03. The molecule has 1 fully saturated rings. The van der Waals surface area contributed by atoms with E-state index in [9.17, 15) is 9.18 Å². The maximum Gasteiger partial charge on any atom is 0.222 e. The molecule has 0 bridgehead atoms. The zero-order valence-electron chi connectivity index (χ0n) is 14.6. The van der Waals surface area contributed by atoms with Gasteiger partial charge in [0.05, 0.1) is 0 Å². The zero-order valence-corrected chi connectivity index (χ0v) is 14.6. The number of aliphatic imine (C=N–C) groups is 1. The number of nitrogens with zero attached hydrogens (tertiary/aromatic N) is 3. The number of hydrogen-bond donors (Lipinski definition) is 1. The number of guanidine groups is 1. The summed E-state index contributed by atoms with van der Waals surface area (Å²) in [6.45, 7) is 5.83.